The summed E-state index contributed by atoms with van der Waals surface area (Å²) >= 11 is 0. The molecule has 3 rings (SSSR count). The third kappa shape index (κ3) is 2.93. The molecule has 0 aliphatic heterocycles. The van der Waals surface area contributed by atoms with Crippen molar-refractivity contribution < 1.29 is 19.8 Å². The minimum atomic E-state index is -0.995. The second-order valence-electron chi connectivity index (χ2n) is 4.77. The molecule has 7 nitrogen and oxygen atoms in total. The van der Waals surface area contributed by atoms with Crippen LogP contribution in [0, 0.1) is 0 Å². The minimum Gasteiger partial charge on any atom is -0.478 e. The van der Waals surface area contributed by atoms with E-state index < -0.39 is 11.9 Å². The molecule has 0 atom stereocenters. The molecule has 0 radical (unpaired) electrons. The molecule has 7 heteroatoms. The molecule has 0 spiro atoms. The highest BCUT2D eigenvalue weighted by Gasteiger charge is 2.10. The van der Waals surface area contributed by atoms with Crippen molar-refractivity contribution in [1.29, 1.82) is 0 Å². The molecule has 0 aliphatic rings. The van der Waals surface area contributed by atoms with E-state index in [9.17, 15) is 9.59 Å². The van der Waals surface area contributed by atoms with Crippen LogP contribution in [-0.4, -0.2) is 37.3 Å². The zero-order valence-corrected chi connectivity index (χ0v) is 11.7. The Morgan fingerprint density at radius 2 is 1.26 bits per heavy atom. The Morgan fingerprint density at radius 3 is 1.74 bits per heavy atom. The summed E-state index contributed by atoms with van der Waals surface area (Å²) in [6, 6.07) is 12.5. The number of carbonyl (C=O) groups is 2. The topological polar surface area (TPSA) is 116 Å². The fourth-order valence-corrected chi connectivity index (χ4v) is 2.05. The first-order chi connectivity index (χ1) is 11.0. The number of hydrogen-bond donors (Lipinski definition) is 3. The van der Waals surface area contributed by atoms with Crippen molar-refractivity contribution >= 4 is 11.9 Å². The largest absolute Gasteiger partial charge is 0.478 e. The van der Waals surface area contributed by atoms with Gasteiger partial charge in [0.2, 0.25) is 0 Å². The highest BCUT2D eigenvalue weighted by molar-refractivity contribution is 5.88. The van der Waals surface area contributed by atoms with Gasteiger partial charge < -0.3 is 10.2 Å². The maximum atomic E-state index is 10.8. The standard InChI is InChI=1S/C16H11N3O4/c20-15(21)11-5-1-9(2-6-11)13-17-14(19-18-13)10-3-7-12(8-4-10)16(22)23/h1-8H,(H,20,21)(H,22,23)(H,17,18,19). The average Bonchev–Trinajstić information content (AvgIpc) is 3.05. The SMILES string of the molecule is O=C(O)c1ccc(-c2n[nH]c(-c3ccc(C(=O)O)cc3)n2)cc1. The van der Waals surface area contributed by atoms with Crippen LogP contribution in [0.15, 0.2) is 48.5 Å². The van der Waals surface area contributed by atoms with E-state index in [4.69, 9.17) is 10.2 Å². The number of hydrogen-bond acceptors (Lipinski definition) is 4. The molecule has 114 valence electrons. The number of carboxylic acids is 2. The van der Waals surface area contributed by atoms with E-state index in [2.05, 4.69) is 15.2 Å². The van der Waals surface area contributed by atoms with Gasteiger partial charge in [0.05, 0.1) is 11.1 Å². The molecular formula is C16H11N3O4. The molecule has 0 fully saturated rings. The number of H-pyrrole nitrogens is 1. The number of aromatic carboxylic acids is 2. The fourth-order valence-electron chi connectivity index (χ4n) is 2.05. The van der Waals surface area contributed by atoms with Gasteiger partial charge in [-0.25, -0.2) is 14.6 Å². The molecule has 3 N–H and O–H groups in total. The molecule has 0 unspecified atom stereocenters. The molecule has 23 heavy (non-hydrogen) atoms. The van der Waals surface area contributed by atoms with Gasteiger partial charge in [-0.05, 0) is 24.3 Å². The van der Waals surface area contributed by atoms with Crippen molar-refractivity contribution in [3.8, 4) is 22.8 Å². The Bertz CT molecular complexity index is 795. The van der Waals surface area contributed by atoms with Gasteiger partial charge in [-0.2, -0.15) is 5.10 Å². The van der Waals surface area contributed by atoms with Gasteiger partial charge in [0.15, 0.2) is 11.6 Å². The fraction of sp³-hybridized carbons (Fsp3) is 0. The number of nitrogens with one attached hydrogen (secondary N) is 1. The Hall–Kier alpha value is -3.48. The molecular weight excluding hydrogens is 298 g/mol. The summed E-state index contributed by atoms with van der Waals surface area (Å²) in [5.74, 6) is -1.06. The molecule has 0 amide bonds. The van der Waals surface area contributed by atoms with Crippen molar-refractivity contribution in [2.45, 2.75) is 0 Å². The summed E-state index contributed by atoms with van der Waals surface area (Å²) < 4.78 is 0. The summed E-state index contributed by atoms with van der Waals surface area (Å²) in [6.07, 6.45) is 0. The molecule has 3 aromatic rings. The third-order valence-corrected chi connectivity index (χ3v) is 3.28. The van der Waals surface area contributed by atoms with Crippen molar-refractivity contribution in [2.24, 2.45) is 0 Å². The van der Waals surface area contributed by atoms with E-state index >= 15 is 0 Å². The summed E-state index contributed by atoms with van der Waals surface area (Å²) in [5.41, 5.74) is 1.77. The third-order valence-electron chi connectivity index (χ3n) is 3.28. The van der Waals surface area contributed by atoms with Crippen LogP contribution in [0.3, 0.4) is 0 Å². The van der Waals surface area contributed by atoms with Crippen LogP contribution >= 0.6 is 0 Å². The van der Waals surface area contributed by atoms with Crippen molar-refractivity contribution in [2.75, 3.05) is 0 Å². The normalized spacial score (nSPS) is 10.4. The maximum Gasteiger partial charge on any atom is 0.335 e. The second kappa shape index (κ2) is 5.72. The van der Waals surface area contributed by atoms with Gasteiger partial charge >= 0.3 is 11.9 Å². The van der Waals surface area contributed by atoms with Gasteiger partial charge in [0.1, 0.15) is 0 Å². The average molecular weight is 309 g/mol. The number of benzene rings is 2. The zero-order chi connectivity index (χ0) is 16.4. The molecule has 1 heterocycles. The lowest BCUT2D eigenvalue weighted by atomic mass is 10.1. The van der Waals surface area contributed by atoms with Gasteiger partial charge in [-0.3, -0.25) is 5.10 Å². The first kappa shape index (κ1) is 14.5. The quantitative estimate of drug-likeness (QED) is 0.682. The zero-order valence-electron chi connectivity index (χ0n) is 11.7. The lowest BCUT2D eigenvalue weighted by Crippen LogP contribution is -1.95. The van der Waals surface area contributed by atoms with E-state index in [1.807, 2.05) is 0 Å². The molecule has 0 aliphatic carbocycles. The van der Waals surface area contributed by atoms with E-state index in [0.29, 0.717) is 22.8 Å². The van der Waals surface area contributed by atoms with Gasteiger partial charge in [0.25, 0.3) is 0 Å². The predicted molar refractivity (Wildman–Crippen MR) is 81.2 cm³/mol. The Kier molecular flexibility index (Phi) is 3.60. The van der Waals surface area contributed by atoms with E-state index in [1.165, 1.54) is 24.3 Å². The monoisotopic (exact) mass is 309 g/mol. The lowest BCUT2D eigenvalue weighted by Gasteiger charge is -1.98. The van der Waals surface area contributed by atoms with Crippen LogP contribution in [-0.2, 0) is 0 Å². The first-order valence-corrected chi connectivity index (χ1v) is 6.64. The highest BCUT2D eigenvalue weighted by Crippen LogP contribution is 2.21. The summed E-state index contributed by atoms with van der Waals surface area (Å²) in [7, 11) is 0. The second-order valence-corrected chi connectivity index (χ2v) is 4.77. The van der Waals surface area contributed by atoms with Gasteiger partial charge in [-0.1, -0.05) is 24.3 Å². The van der Waals surface area contributed by atoms with Crippen molar-refractivity contribution in [3.63, 3.8) is 0 Å². The number of nitrogens with zero attached hydrogens (tertiary/aromatic N) is 2. The first-order valence-electron chi connectivity index (χ1n) is 6.64. The van der Waals surface area contributed by atoms with E-state index in [0.717, 1.165) is 0 Å². The van der Waals surface area contributed by atoms with Crippen LogP contribution in [0.2, 0.25) is 0 Å². The lowest BCUT2D eigenvalue weighted by molar-refractivity contribution is 0.0686. The number of rotatable bonds is 4. The van der Waals surface area contributed by atoms with Crippen LogP contribution < -0.4 is 0 Å². The summed E-state index contributed by atoms with van der Waals surface area (Å²) in [4.78, 5) is 26.0. The Balaban J connectivity index is 1.87. The van der Waals surface area contributed by atoms with Crippen LogP contribution in [0.25, 0.3) is 22.8 Å². The number of carboxylic acid groups (broad SMARTS) is 2. The summed E-state index contributed by atoms with van der Waals surface area (Å²) in [6.45, 7) is 0. The number of aromatic nitrogens is 3. The molecule has 2 aromatic carbocycles. The smallest absolute Gasteiger partial charge is 0.335 e. The van der Waals surface area contributed by atoms with E-state index in [-0.39, 0.29) is 11.1 Å². The van der Waals surface area contributed by atoms with Gasteiger partial charge in [-0.15, -0.1) is 0 Å². The molecule has 0 saturated carbocycles. The van der Waals surface area contributed by atoms with Crippen LogP contribution in [0.4, 0.5) is 0 Å². The molecule has 0 bridgehead atoms. The van der Waals surface area contributed by atoms with Gasteiger partial charge in [0, 0.05) is 11.1 Å². The van der Waals surface area contributed by atoms with Crippen molar-refractivity contribution in [1.82, 2.24) is 15.2 Å². The Labute approximate surface area is 130 Å². The Morgan fingerprint density at radius 1 is 0.783 bits per heavy atom. The van der Waals surface area contributed by atoms with Crippen LogP contribution in [0.5, 0.6) is 0 Å². The highest BCUT2D eigenvalue weighted by atomic mass is 16.4. The molecule has 1 aromatic heterocycles. The van der Waals surface area contributed by atoms with Crippen molar-refractivity contribution in [3.05, 3.63) is 59.7 Å². The molecule has 0 saturated heterocycles. The van der Waals surface area contributed by atoms with Crippen LogP contribution in [0.1, 0.15) is 20.7 Å². The minimum absolute atomic E-state index is 0.189. The predicted octanol–water partition coefficient (Wildman–Crippen LogP) is 2.54. The number of aromatic amines is 1. The summed E-state index contributed by atoms with van der Waals surface area (Å²) in [5, 5.41) is 24.6. The van der Waals surface area contributed by atoms with E-state index in [1.54, 1.807) is 24.3 Å². The maximum absolute atomic E-state index is 10.8.